The number of hydrogen-bond acceptors (Lipinski definition) is 3. The zero-order valence-corrected chi connectivity index (χ0v) is 12.2. The summed E-state index contributed by atoms with van der Waals surface area (Å²) in [4.78, 5) is 6.45. The molecule has 2 aromatic rings. The lowest BCUT2D eigenvalue weighted by Crippen LogP contribution is -2.31. The lowest BCUT2D eigenvalue weighted by atomic mass is 10.1. The molecule has 3 rings (SSSR count). The van der Waals surface area contributed by atoms with E-state index in [0.29, 0.717) is 11.6 Å². The highest BCUT2D eigenvalue weighted by atomic mass is 35.5. The number of aromatic nitrogens is 2. The van der Waals surface area contributed by atoms with Crippen molar-refractivity contribution < 1.29 is 8.42 Å². The highest BCUT2D eigenvalue weighted by Gasteiger charge is 2.37. The number of benzene rings is 1. The molecule has 1 saturated heterocycles. The predicted octanol–water partition coefficient (Wildman–Crippen LogP) is 2.59. The number of H-pyrrole nitrogens is 1. The Morgan fingerprint density at radius 2 is 2.15 bits per heavy atom. The molecule has 1 aliphatic rings. The maximum atomic E-state index is 12.6. The average Bonchev–Trinajstić information content (AvgIpc) is 3.11. The summed E-state index contributed by atoms with van der Waals surface area (Å²) >= 11 is 6.20. The third-order valence-electron chi connectivity index (χ3n) is 3.53. The lowest BCUT2D eigenvalue weighted by Gasteiger charge is -2.24. The predicted molar refractivity (Wildman–Crippen MR) is 75.9 cm³/mol. The Hall–Kier alpha value is -1.37. The standard InChI is InChI=1S/C13H14ClN3O2S/c14-11-5-2-1-4-10(11)12-6-3-7-17(12)20(18,19)13-8-15-9-16-13/h1-2,4-5,8-9,12H,3,6-7H2,(H,15,16). The van der Waals surface area contributed by atoms with Gasteiger partial charge < -0.3 is 4.98 Å². The number of halogens is 1. The van der Waals surface area contributed by atoms with Gasteiger partial charge in [0.2, 0.25) is 0 Å². The van der Waals surface area contributed by atoms with Gasteiger partial charge in [0.05, 0.1) is 18.6 Å². The fourth-order valence-electron chi connectivity index (χ4n) is 2.59. The molecule has 1 N–H and O–H groups in total. The average molecular weight is 312 g/mol. The first-order valence-corrected chi connectivity index (χ1v) is 8.17. The second-order valence-electron chi connectivity index (χ2n) is 4.71. The van der Waals surface area contributed by atoms with Gasteiger partial charge in [-0.3, -0.25) is 0 Å². The lowest BCUT2D eigenvalue weighted by molar-refractivity contribution is 0.395. The molecule has 0 amide bonds. The first-order valence-electron chi connectivity index (χ1n) is 6.35. The van der Waals surface area contributed by atoms with Crippen LogP contribution in [0.4, 0.5) is 0 Å². The van der Waals surface area contributed by atoms with E-state index in [0.717, 1.165) is 18.4 Å². The van der Waals surface area contributed by atoms with Crippen LogP contribution in [0.1, 0.15) is 24.4 Å². The van der Waals surface area contributed by atoms with Crippen LogP contribution in [-0.2, 0) is 10.0 Å². The van der Waals surface area contributed by atoms with E-state index in [1.165, 1.54) is 16.8 Å². The summed E-state index contributed by atoms with van der Waals surface area (Å²) in [5, 5.41) is 0.723. The maximum Gasteiger partial charge on any atom is 0.260 e. The van der Waals surface area contributed by atoms with Crippen LogP contribution in [0.2, 0.25) is 5.02 Å². The Kier molecular flexibility index (Phi) is 3.54. The zero-order valence-electron chi connectivity index (χ0n) is 10.7. The van der Waals surface area contributed by atoms with E-state index in [-0.39, 0.29) is 11.1 Å². The van der Waals surface area contributed by atoms with E-state index < -0.39 is 10.0 Å². The van der Waals surface area contributed by atoms with Gasteiger partial charge >= 0.3 is 0 Å². The zero-order chi connectivity index (χ0) is 14.2. The van der Waals surface area contributed by atoms with Crippen molar-refractivity contribution in [1.82, 2.24) is 14.3 Å². The second kappa shape index (κ2) is 5.20. The minimum atomic E-state index is -3.55. The molecule has 1 aliphatic heterocycles. The summed E-state index contributed by atoms with van der Waals surface area (Å²) in [7, 11) is -3.55. The number of aromatic amines is 1. The minimum Gasteiger partial charge on any atom is -0.335 e. The molecule has 7 heteroatoms. The molecule has 5 nitrogen and oxygen atoms in total. The highest BCUT2D eigenvalue weighted by Crippen LogP contribution is 2.38. The maximum absolute atomic E-state index is 12.6. The van der Waals surface area contributed by atoms with Gasteiger partial charge in [0.1, 0.15) is 0 Å². The topological polar surface area (TPSA) is 66.1 Å². The molecule has 2 heterocycles. The summed E-state index contributed by atoms with van der Waals surface area (Å²) in [6, 6.07) is 7.18. The fraction of sp³-hybridized carbons (Fsp3) is 0.308. The van der Waals surface area contributed by atoms with Gasteiger partial charge in [-0.2, -0.15) is 4.31 Å². The first kappa shape index (κ1) is 13.6. The quantitative estimate of drug-likeness (QED) is 0.947. The van der Waals surface area contributed by atoms with E-state index in [4.69, 9.17) is 11.6 Å². The third-order valence-corrected chi connectivity index (χ3v) is 5.71. The van der Waals surface area contributed by atoms with Crippen LogP contribution in [0, 0.1) is 0 Å². The van der Waals surface area contributed by atoms with Crippen LogP contribution >= 0.6 is 11.6 Å². The molecule has 0 bridgehead atoms. The van der Waals surface area contributed by atoms with Gasteiger partial charge in [0.25, 0.3) is 10.0 Å². The summed E-state index contributed by atoms with van der Waals surface area (Å²) in [5.41, 5.74) is 0.856. The van der Waals surface area contributed by atoms with Crippen LogP contribution in [0.5, 0.6) is 0 Å². The summed E-state index contributed by atoms with van der Waals surface area (Å²) in [5.74, 6) is 0. The molecule has 0 radical (unpaired) electrons. The molecule has 1 fully saturated rings. The molecule has 0 spiro atoms. The van der Waals surface area contributed by atoms with Crippen LogP contribution < -0.4 is 0 Å². The molecule has 1 atom stereocenters. The summed E-state index contributed by atoms with van der Waals surface area (Å²) < 4.78 is 26.7. The Morgan fingerprint density at radius 3 is 2.85 bits per heavy atom. The van der Waals surface area contributed by atoms with E-state index in [1.807, 2.05) is 18.2 Å². The molecule has 20 heavy (non-hydrogen) atoms. The number of hydrogen-bond donors (Lipinski definition) is 1. The van der Waals surface area contributed by atoms with Gasteiger partial charge in [-0.05, 0) is 24.5 Å². The van der Waals surface area contributed by atoms with Gasteiger partial charge in [0.15, 0.2) is 5.03 Å². The number of sulfonamides is 1. The van der Waals surface area contributed by atoms with E-state index in [2.05, 4.69) is 9.97 Å². The highest BCUT2D eigenvalue weighted by molar-refractivity contribution is 7.89. The largest absolute Gasteiger partial charge is 0.335 e. The summed E-state index contributed by atoms with van der Waals surface area (Å²) in [6.45, 7) is 0.497. The van der Waals surface area contributed by atoms with E-state index in [1.54, 1.807) is 6.07 Å². The Labute approximate surface area is 122 Å². The minimum absolute atomic E-state index is 0.122. The van der Waals surface area contributed by atoms with Crippen LogP contribution in [0.25, 0.3) is 0 Å². The SMILES string of the molecule is O=S(=O)(c1cnc[nH]1)N1CCCC1c1ccccc1Cl. The Balaban J connectivity index is 2.00. The third kappa shape index (κ3) is 2.24. The van der Waals surface area contributed by atoms with Crippen molar-refractivity contribution >= 4 is 21.6 Å². The first-order chi connectivity index (χ1) is 9.60. The van der Waals surface area contributed by atoms with Crippen molar-refractivity contribution in [3.05, 3.63) is 47.4 Å². The molecule has 0 saturated carbocycles. The molecule has 1 unspecified atom stereocenters. The van der Waals surface area contributed by atoms with Crippen molar-refractivity contribution in [2.24, 2.45) is 0 Å². The number of nitrogens with zero attached hydrogens (tertiary/aromatic N) is 2. The van der Waals surface area contributed by atoms with Crippen LogP contribution in [0.3, 0.4) is 0 Å². The van der Waals surface area contributed by atoms with Gasteiger partial charge in [0, 0.05) is 11.6 Å². The second-order valence-corrected chi connectivity index (χ2v) is 6.98. The molecular formula is C13H14ClN3O2S. The molecule has 1 aromatic heterocycles. The molecular weight excluding hydrogens is 298 g/mol. The number of rotatable bonds is 3. The summed E-state index contributed by atoms with van der Waals surface area (Å²) in [6.07, 6.45) is 4.30. The van der Waals surface area contributed by atoms with Gasteiger partial charge in [-0.15, -0.1) is 0 Å². The fourth-order valence-corrected chi connectivity index (χ4v) is 4.43. The Bertz CT molecular complexity index is 700. The van der Waals surface area contributed by atoms with Gasteiger partial charge in [-0.25, -0.2) is 13.4 Å². The van der Waals surface area contributed by atoms with Gasteiger partial charge in [-0.1, -0.05) is 29.8 Å². The van der Waals surface area contributed by atoms with Crippen molar-refractivity contribution in [1.29, 1.82) is 0 Å². The smallest absolute Gasteiger partial charge is 0.260 e. The van der Waals surface area contributed by atoms with Crippen molar-refractivity contribution in [2.45, 2.75) is 23.9 Å². The molecule has 0 aliphatic carbocycles. The van der Waals surface area contributed by atoms with Crippen molar-refractivity contribution in [3.8, 4) is 0 Å². The molecule has 1 aromatic carbocycles. The van der Waals surface area contributed by atoms with Crippen LogP contribution in [-0.4, -0.2) is 29.2 Å². The van der Waals surface area contributed by atoms with Crippen molar-refractivity contribution in [3.63, 3.8) is 0 Å². The van der Waals surface area contributed by atoms with E-state index in [9.17, 15) is 8.42 Å². The van der Waals surface area contributed by atoms with Crippen LogP contribution in [0.15, 0.2) is 41.8 Å². The number of nitrogens with one attached hydrogen (secondary N) is 1. The Morgan fingerprint density at radius 1 is 1.35 bits per heavy atom. The normalized spacial score (nSPS) is 20.4. The van der Waals surface area contributed by atoms with Crippen molar-refractivity contribution in [2.75, 3.05) is 6.54 Å². The monoisotopic (exact) mass is 311 g/mol. The molecule has 106 valence electrons. The van der Waals surface area contributed by atoms with E-state index >= 15 is 0 Å². The number of imidazole rings is 1.